The van der Waals surface area contributed by atoms with E-state index < -0.39 is 0 Å². The molecule has 20 heavy (non-hydrogen) atoms. The first-order valence-corrected chi connectivity index (χ1v) is 7.41. The summed E-state index contributed by atoms with van der Waals surface area (Å²) < 4.78 is 5.92. The van der Waals surface area contributed by atoms with Crippen molar-refractivity contribution in [2.45, 2.75) is 58.7 Å². The molecule has 0 bridgehead atoms. The van der Waals surface area contributed by atoms with Crippen molar-refractivity contribution < 1.29 is 14.3 Å². The van der Waals surface area contributed by atoms with Gasteiger partial charge in [0, 0.05) is 25.1 Å². The third kappa shape index (κ3) is 2.74. The number of likely N-dealkylation sites (tertiary alicyclic amines) is 1. The normalized spacial score (nSPS) is 32.9. The van der Waals surface area contributed by atoms with Gasteiger partial charge in [0.05, 0.1) is 18.6 Å². The highest BCUT2D eigenvalue weighted by Gasteiger charge is 2.51. The molecule has 1 N–H and O–H groups in total. The third-order valence-electron chi connectivity index (χ3n) is 4.59. The smallest absolute Gasteiger partial charge is 0.246 e. The molecule has 1 saturated carbocycles. The van der Waals surface area contributed by atoms with Crippen LogP contribution in [0, 0.1) is 11.3 Å². The lowest BCUT2D eigenvalue weighted by Crippen LogP contribution is -2.63. The Hall–Kier alpha value is -0.940. The summed E-state index contributed by atoms with van der Waals surface area (Å²) in [5, 5.41) is 3.34. The second kappa shape index (κ2) is 5.45. The Morgan fingerprint density at radius 2 is 2.05 bits per heavy atom. The van der Waals surface area contributed by atoms with E-state index >= 15 is 0 Å². The van der Waals surface area contributed by atoms with Crippen molar-refractivity contribution in [1.29, 1.82) is 0 Å². The standard InChI is InChI=1S/C15H26N2O3/c1-9(2)8-20-12-7-11(15(12,3)4)16-10-6-13(18)17(5)14(10)19/h9-12,16H,6-8H2,1-5H3. The lowest BCUT2D eigenvalue weighted by atomic mass is 9.64. The number of rotatable bonds is 5. The fourth-order valence-corrected chi connectivity index (χ4v) is 2.89. The van der Waals surface area contributed by atoms with Crippen LogP contribution in [0.4, 0.5) is 0 Å². The van der Waals surface area contributed by atoms with Crippen molar-refractivity contribution in [3.63, 3.8) is 0 Å². The fraction of sp³-hybridized carbons (Fsp3) is 0.867. The van der Waals surface area contributed by atoms with E-state index in [1.54, 1.807) is 7.05 Å². The second-order valence-electron chi connectivity index (χ2n) is 7.04. The lowest BCUT2D eigenvalue weighted by molar-refractivity contribution is -0.139. The Morgan fingerprint density at radius 1 is 1.40 bits per heavy atom. The van der Waals surface area contributed by atoms with Crippen molar-refractivity contribution in [3.05, 3.63) is 0 Å². The van der Waals surface area contributed by atoms with Gasteiger partial charge in [-0.25, -0.2) is 0 Å². The molecule has 3 atom stereocenters. The number of carbonyl (C=O) groups is 2. The molecule has 2 rings (SSSR count). The molecule has 0 aromatic carbocycles. The second-order valence-corrected chi connectivity index (χ2v) is 7.04. The van der Waals surface area contributed by atoms with Crippen LogP contribution in [0.25, 0.3) is 0 Å². The van der Waals surface area contributed by atoms with Crippen molar-refractivity contribution in [1.82, 2.24) is 10.2 Å². The molecule has 1 aliphatic carbocycles. The summed E-state index contributed by atoms with van der Waals surface area (Å²) in [5.74, 6) is 0.315. The zero-order valence-corrected chi connectivity index (χ0v) is 13.1. The Kier molecular flexibility index (Phi) is 4.21. The first-order chi connectivity index (χ1) is 9.23. The Bertz CT molecular complexity index is 406. The Labute approximate surface area is 121 Å². The maximum atomic E-state index is 11.9. The first-order valence-electron chi connectivity index (χ1n) is 7.41. The number of likely N-dealkylation sites (N-methyl/N-ethyl adjacent to an activating group) is 1. The summed E-state index contributed by atoms with van der Waals surface area (Å²) in [6.45, 7) is 9.36. The summed E-state index contributed by atoms with van der Waals surface area (Å²) in [6, 6.07) is -0.129. The Balaban J connectivity index is 1.87. The molecule has 2 fully saturated rings. The molecule has 1 aliphatic heterocycles. The van der Waals surface area contributed by atoms with Crippen LogP contribution in [0.1, 0.15) is 40.5 Å². The van der Waals surface area contributed by atoms with Crippen LogP contribution >= 0.6 is 0 Å². The van der Waals surface area contributed by atoms with E-state index in [0.29, 0.717) is 5.92 Å². The van der Waals surface area contributed by atoms with Gasteiger partial charge in [-0.2, -0.15) is 0 Å². The van der Waals surface area contributed by atoms with Crippen molar-refractivity contribution in [2.24, 2.45) is 11.3 Å². The van der Waals surface area contributed by atoms with Crippen LogP contribution in [0.15, 0.2) is 0 Å². The highest BCUT2D eigenvalue weighted by Crippen LogP contribution is 2.43. The van der Waals surface area contributed by atoms with Crippen LogP contribution < -0.4 is 5.32 Å². The molecule has 0 radical (unpaired) electrons. The van der Waals surface area contributed by atoms with Crippen LogP contribution in [-0.2, 0) is 14.3 Å². The van der Waals surface area contributed by atoms with Crippen LogP contribution in [-0.4, -0.2) is 48.6 Å². The topological polar surface area (TPSA) is 58.6 Å². The van der Waals surface area contributed by atoms with E-state index in [-0.39, 0.29) is 41.8 Å². The van der Waals surface area contributed by atoms with Gasteiger partial charge in [0.15, 0.2) is 0 Å². The lowest BCUT2D eigenvalue weighted by Gasteiger charge is -2.52. The minimum Gasteiger partial charge on any atom is -0.377 e. The predicted molar refractivity (Wildman–Crippen MR) is 76.1 cm³/mol. The molecule has 1 saturated heterocycles. The quantitative estimate of drug-likeness (QED) is 0.769. The maximum Gasteiger partial charge on any atom is 0.246 e. The summed E-state index contributed by atoms with van der Waals surface area (Å²) >= 11 is 0. The molecule has 3 unspecified atom stereocenters. The number of amides is 2. The number of ether oxygens (including phenoxy) is 1. The number of nitrogens with zero attached hydrogens (tertiary/aromatic N) is 1. The molecule has 2 amide bonds. The number of carbonyl (C=O) groups excluding carboxylic acids is 2. The van der Waals surface area contributed by atoms with Gasteiger partial charge < -0.3 is 10.1 Å². The predicted octanol–water partition coefficient (Wildman–Crippen LogP) is 1.17. The van der Waals surface area contributed by atoms with E-state index in [0.717, 1.165) is 13.0 Å². The average molecular weight is 282 g/mol. The molecule has 0 aromatic heterocycles. The minimum absolute atomic E-state index is 0.000616. The van der Waals surface area contributed by atoms with Crippen molar-refractivity contribution in [2.75, 3.05) is 13.7 Å². The van der Waals surface area contributed by atoms with Gasteiger partial charge in [0.25, 0.3) is 0 Å². The summed E-state index contributed by atoms with van der Waals surface area (Å²) in [4.78, 5) is 24.7. The SMILES string of the molecule is CC(C)COC1CC(NC2CC(=O)N(C)C2=O)C1(C)C. The molecule has 114 valence electrons. The van der Waals surface area contributed by atoms with Gasteiger partial charge in [-0.15, -0.1) is 0 Å². The molecular formula is C15H26N2O3. The van der Waals surface area contributed by atoms with E-state index in [9.17, 15) is 9.59 Å². The summed E-state index contributed by atoms with van der Waals surface area (Å²) in [6.07, 6.45) is 1.41. The van der Waals surface area contributed by atoms with Crippen LogP contribution in [0.2, 0.25) is 0 Å². The number of nitrogens with one attached hydrogen (secondary N) is 1. The summed E-state index contributed by atoms with van der Waals surface area (Å²) in [5.41, 5.74) is -0.000616. The molecule has 5 heteroatoms. The van der Waals surface area contributed by atoms with Gasteiger partial charge >= 0.3 is 0 Å². The van der Waals surface area contributed by atoms with Gasteiger partial charge in [-0.05, 0) is 12.3 Å². The maximum absolute atomic E-state index is 11.9. The molecule has 1 heterocycles. The number of hydrogen-bond acceptors (Lipinski definition) is 4. The van der Waals surface area contributed by atoms with E-state index in [1.807, 2.05) is 0 Å². The molecule has 5 nitrogen and oxygen atoms in total. The monoisotopic (exact) mass is 282 g/mol. The van der Waals surface area contributed by atoms with Gasteiger partial charge in [-0.3, -0.25) is 14.5 Å². The van der Waals surface area contributed by atoms with E-state index in [2.05, 4.69) is 33.0 Å². The minimum atomic E-state index is -0.358. The van der Waals surface area contributed by atoms with Gasteiger partial charge in [0.2, 0.25) is 11.8 Å². The molecule has 2 aliphatic rings. The molecular weight excluding hydrogens is 256 g/mol. The summed E-state index contributed by atoms with van der Waals surface area (Å²) in [7, 11) is 1.55. The van der Waals surface area contributed by atoms with Crippen LogP contribution in [0.3, 0.4) is 0 Å². The highest BCUT2D eigenvalue weighted by atomic mass is 16.5. The largest absolute Gasteiger partial charge is 0.377 e. The average Bonchev–Trinajstić information content (AvgIpc) is 2.60. The third-order valence-corrected chi connectivity index (χ3v) is 4.59. The highest BCUT2D eigenvalue weighted by molar-refractivity contribution is 6.05. The van der Waals surface area contributed by atoms with Crippen molar-refractivity contribution >= 4 is 11.8 Å². The zero-order valence-electron chi connectivity index (χ0n) is 13.1. The van der Waals surface area contributed by atoms with Gasteiger partial charge in [0.1, 0.15) is 0 Å². The van der Waals surface area contributed by atoms with E-state index in [1.165, 1.54) is 4.90 Å². The van der Waals surface area contributed by atoms with Gasteiger partial charge in [-0.1, -0.05) is 27.7 Å². The Morgan fingerprint density at radius 3 is 2.50 bits per heavy atom. The molecule has 0 spiro atoms. The molecule has 0 aromatic rings. The van der Waals surface area contributed by atoms with E-state index in [4.69, 9.17) is 4.74 Å². The number of hydrogen-bond donors (Lipinski definition) is 1. The zero-order chi connectivity index (χ0) is 15.1. The first kappa shape index (κ1) is 15.4. The number of imide groups is 1. The fourth-order valence-electron chi connectivity index (χ4n) is 2.89. The van der Waals surface area contributed by atoms with Crippen molar-refractivity contribution in [3.8, 4) is 0 Å². The van der Waals surface area contributed by atoms with Crippen LogP contribution in [0.5, 0.6) is 0 Å².